The van der Waals surface area contributed by atoms with Gasteiger partial charge in [0.2, 0.25) is 0 Å². The van der Waals surface area contributed by atoms with Crippen molar-refractivity contribution < 1.29 is 14.3 Å². The van der Waals surface area contributed by atoms with Gasteiger partial charge in [0.25, 0.3) is 0 Å². The highest BCUT2D eigenvalue weighted by molar-refractivity contribution is 6.36. The summed E-state index contributed by atoms with van der Waals surface area (Å²) in [6.45, 7) is 0. The number of hydrogen-bond acceptors (Lipinski definition) is 1. The van der Waals surface area contributed by atoms with Crippen molar-refractivity contribution in [2.24, 2.45) is 0 Å². The summed E-state index contributed by atoms with van der Waals surface area (Å²) < 4.78 is 13.3. The number of carboxylic acid groups (broad SMARTS) is 1. The molecule has 0 heterocycles. The zero-order valence-electron chi connectivity index (χ0n) is 10.8. The summed E-state index contributed by atoms with van der Waals surface area (Å²) in [5, 5.41) is 11.5. The van der Waals surface area contributed by atoms with Gasteiger partial charge in [0.05, 0.1) is 5.56 Å². The van der Waals surface area contributed by atoms with Crippen molar-refractivity contribution in [1.82, 2.24) is 0 Å². The van der Waals surface area contributed by atoms with Gasteiger partial charge in [-0.1, -0.05) is 48.0 Å². The third kappa shape index (κ3) is 2.36. The second-order valence-corrected chi connectivity index (χ2v) is 5.04. The lowest BCUT2D eigenvalue weighted by Gasteiger charge is -2.11. The lowest BCUT2D eigenvalue weighted by molar-refractivity contribution is 0.0697. The molecule has 21 heavy (non-hydrogen) atoms. The Morgan fingerprint density at radius 3 is 2.33 bits per heavy atom. The molecule has 3 aromatic rings. The van der Waals surface area contributed by atoms with Crippen molar-refractivity contribution in [2.75, 3.05) is 0 Å². The number of fused-ring (bicyclic) bond motifs is 1. The molecule has 0 radical (unpaired) electrons. The molecule has 0 fully saturated rings. The molecular weight excluding hydrogens is 291 g/mol. The summed E-state index contributed by atoms with van der Waals surface area (Å²) >= 11 is 6.17. The standard InChI is InChI=1S/C17H10ClFO2/c18-16-8-7-12(11-3-1-2-4-14(11)16)13-6-5-10(19)9-15(13)17(20)21/h1-9H,(H,20,21). The van der Waals surface area contributed by atoms with E-state index in [0.29, 0.717) is 16.1 Å². The summed E-state index contributed by atoms with van der Waals surface area (Å²) in [5.41, 5.74) is 1.12. The van der Waals surface area contributed by atoms with Gasteiger partial charge in [-0.2, -0.15) is 0 Å². The quantitative estimate of drug-likeness (QED) is 0.723. The van der Waals surface area contributed by atoms with E-state index in [0.717, 1.165) is 16.8 Å². The summed E-state index contributed by atoms with van der Waals surface area (Å²) in [4.78, 5) is 11.4. The first-order chi connectivity index (χ1) is 10.1. The molecule has 3 aromatic carbocycles. The van der Waals surface area contributed by atoms with E-state index in [1.807, 2.05) is 24.3 Å². The Hall–Kier alpha value is -2.39. The minimum Gasteiger partial charge on any atom is -0.478 e. The summed E-state index contributed by atoms with van der Waals surface area (Å²) in [6.07, 6.45) is 0. The molecule has 0 unspecified atom stereocenters. The zero-order chi connectivity index (χ0) is 15.0. The zero-order valence-corrected chi connectivity index (χ0v) is 11.6. The Morgan fingerprint density at radius 1 is 0.952 bits per heavy atom. The first kappa shape index (κ1) is 13.6. The molecular formula is C17H10ClFO2. The number of carbonyl (C=O) groups is 1. The van der Waals surface area contributed by atoms with E-state index < -0.39 is 11.8 Å². The lowest BCUT2D eigenvalue weighted by Crippen LogP contribution is -2.00. The molecule has 0 bridgehead atoms. The van der Waals surface area contributed by atoms with E-state index >= 15 is 0 Å². The fourth-order valence-electron chi connectivity index (χ4n) is 2.43. The van der Waals surface area contributed by atoms with E-state index in [-0.39, 0.29) is 5.56 Å². The Morgan fingerprint density at radius 2 is 1.62 bits per heavy atom. The predicted octanol–water partition coefficient (Wildman–Crippen LogP) is 5.00. The van der Waals surface area contributed by atoms with Crippen LogP contribution in [0.1, 0.15) is 10.4 Å². The maximum Gasteiger partial charge on any atom is 0.336 e. The van der Waals surface area contributed by atoms with Gasteiger partial charge in [-0.05, 0) is 34.7 Å². The molecule has 0 amide bonds. The van der Waals surface area contributed by atoms with Crippen LogP contribution in [0.2, 0.25) is 5.02 Å². The van der Waals surface area contributed by atoms with Crippen LogP contribution in [0.3, 0.4) is 0 Å². The Kier molecular flexibility index (Phi) is 3.35. The fraction of sp³-hybridized carbons (Fsp3) is 0. The molecule has 0 spiro atoms. The topological polar surface area (TPSA) is 37.3 Å². The molecule has 0 atom stereocenters. The lowest BCUT2D eigenvalue weighted by atomic mass is 9.94. The van der Waals surface area contributed by atoms with Gasteiger partial charge in [-0.15, -0.1) is 0 Å². The minimum absolute atomic E-state index is 0.0672. The van der Waals surface area contributed by atoms with Gasteiger partial charge < -0.3 is 5.11 Å². The SMILES string of the molecule is O=C(O)c1cc(F)ccc1-c1ccc(Cl)c2ccccc12. The average Bonchev–Trinajstić information content (AvgIpc) is 2.48. The number of rotatable bonds is 2. The van der Waals surface area contributed by atoms with Crippen LogP contribution in [0, 0.1) is 5.82 Å². The number of aromatic carboxylic acids is 1. The van der Waals surface area contributed by atoms with E-state index in [2.05, 4.69) is 0 Å². The molecule has 0 saturated carbocycles. The molecule has 0 saturated heterocycles. The molecule has 3 rings (SSSR count). The maximum atomic E-state index is 13.3. The highest BCUT2D eigenvalue weighted by Crippen LogP contribution is 2.34. The van der Waals surface area contributed by atoms with E-state index in [9.17, 15) is 14.3 Å². The molecule has 0 aromatic heterocycles. The largest absolute Gasteiger partial charge is 0.478 e. The molecule has 2 nitrogen and oxygen atoms in total. The van der Waals surface area contributed by atoms with Crippen molar-refractivity contribution >= 4 is 28.3 Å². The van der Waals surface area contributed by atoms with Crippen LogP contribution >= 0.6 is 11.6 Å². The van der Waals surface area contributed by atoms with Gasteiger partial charge in [0.1, 0.15) is 5.82 Å². The van der Waals surface area contributed by atoms with Gasteiger partial charge in [0.15, 0.2) is 0 Å². The molecule has 0 aliphatic rings. The van der Waals surface area contributed by atoms with Crippen molar-refractivity contribution in [1.29, 1.82) is 0 Å². The monoisotopic (exact) mass is 300 g/mol. The Labute approximate surface area is 125 Å². The van der Waals surface area contributed by atoms with Crippen LogP contribution in [-0.2, 0) is 0 Å². The van der Waals surface area contributed by atoms with Gasteiger partial charge in [-0.25, -0.2) is 9.18 Å². The molecule has 0 aliphatic heterocycles. The third-order valence-electron chi connectivity index (χ3n) is 3.37. The number of carboxylic acids is 1. The predicted molar refractivity (Wildman–Crippen MR) is 81.3 cm³/mol. The third-order valence-corrected chi connectivity index (χ3v) is 3.70. The fourth-order valence-corrected chi connectivity index (χ4v) is 2.65. The van der Waals surface area contributed by atoms with Crippen LogP contribution in [-0.4, -0.2) is 11.1 Å². The molecule has 104 valence electrons. The van der Waals surface area contributed by atoms with Gasteiger partial charge in [0, 0.05) is 10.4 Å². The summed E-state index contributed by atoms with van der Waals surface area (Å²) in [7, 11) is 0. The Bertz CT molecular complexity index is 859. The highest BCUT2D eigenvalue weighted by Gasteiger charge is 2.15. The van der Waals surface area contributed by atoms with Crippen molar-refractivity contribution in [3.63, 3.8) is 0 Å². The average molecular weight is 301 g/mol. The van der Waals surface area contributed by atoms with Gasteiger partial charge in [-0.3, -0.25) is 0 Å². The van der Waals surface area contributed by atoms with E-state index in [1.54, 1.807) is 12.1 Å². The van der Waals surface area contributed by atoms with Crippen LogP contribution in [0.25, 0.3) is 21.9 Å². The summed E-state index contributed by atoms with van der Waals surface area (Å²) in [5.74, 6) is -1.74. The van der Waals surface area contributed by atoms with E-state index in [1.165, 1.54) is 12.1 Å². The highest BCUT2D eigenvalue weighted by atomic mass is 35.5. The molecule has 0 aliphatic carbocycles. The normalized spacial score (nSPS) is 10.8. The minimum atomic E-state index is -1.16. The first-order valence-corrected chi connectivity index (χ1v) is 6.66. The van der Waals surface area contributed by atoms with Crippen LogP contribution < -0.4 is 0 Å². The van der Waals surface area contributed by atoms with Crippen molar-refractivity contribution in [3.05, 3.63) is 71.0 Å². The number of hydrogen-bond donors (Lipinski definition) is 1. The number of halogens is 2. The Balaban J connectivity index is 2.36. The number of benzene rings is 3. The molecule has 1 N–H and O–H groups in total. The van der Waals surface area contributed by atoms with Crippen LogP contribution in [0.4, 0.5) is 4.39 Å². The second-order valence-electron chi connectivity index (χ2n) is 4.64. The van der Waals surface area contributed by atoms with Crippen molar-refractivity contribution in [3.8, 4) is 11.1 Å². The summed E-state index contributed by atoms with van der Waals surface area (Å²) in [6, 6.07) is 14.7. The van der Waals surface area contributed by atoms with Crippen LogP contribution in [0.15, 0.2) is 54.6 Å². The molecule has 4 heteroatoms. The second kappa shape index (κ2) is 5.19. The van der Waals surface area contributed by atoms with E-state index in [4.69, 9.17) is 11.6 Å². The van der Waals surface area contributed by atoms with Crippen molar-refractivity contribution in [2.45, 2.75) is 0 Å². The van der Waals surface area contributed by atoms with Crippen LogP contribution in [0.5, 0.6) is 0 Å². The smallest absolute Gasteiger partial charge is 0.336 e. The van der Waals surface area contributed by atoms with Gasteiger partial charge >= 0.3 is 5.97 Å². The first-order valence-electron chi connectivity index (χ1n) is 6.28. The maximum absolute atomic E-state index is 13.3.